The number of nitrogens with zero attached hydrogens (tertiary/aromatic N) is 2. The van der Waals surface area contributed by atoms with Gasteiger partial charge in [-0.2, -0.15) is 0 Å². The van der Waals surface area contributed by atoms with Gasteiger partial charge in [-0.1, -0.05) is 18.0 Å². The van der Waals surface area contributed by atoms with E-state index in [0.29, 0.717) is 6.10 Å². The molecule has 0 amide bonds. The Labute approximate surface area is 114 Å². The smallest absolute Gasteiger partial charge is 0.128 e. The molecule has 4 rings (SSSR count). The van der Waals surface area contributed by atoms with Crippen molar-refractivity contribution in [2.45, 2.75) is 63.2 Å². The summed E-state index contributed by atoms with van der Waals surface area (Å²) >= 11 is 0. The zero-order chi connectivity index (χ0) is 12.7. The molecule has 4 nitrogen and oxygen atoms in total. The van der Waals surface area contributed by atoms with Crippen LogP contribution >= 0.6 is 0 Å². The fraction of sp³-hybridized carbons (Fsp3) is 0.800. The third-order valence-corrected chi connectivity index (χ3v) is 5.10. The highest BCUT2D eigenvalue weighted by Crippen LogP contribution is 2.43. The maximum Gasteiger partial charge on any atom is 0.128 e. The van der Waals surface area contributed by atoms with Crippen LogP contribution in [0.25, 0.3) is 0 Å². The van der Waals surface area contributed by atoms with Crippen molar-refractivity contribution >= 4 is 0 Å². The predicted octanol–water partition coefficient (Wildman–Crippen LogP) is 2.52. The van der Waals surface area contributed by atoms with Crippen molar-refractivity contribution in [2.75, 3.05) is 13.1 Å². The maximum atomic E-state index is 6.40. The van der Waals surface area contributed by atoms with E-state index in [2.05, 4.69) is 10.1 Å². The van der Waals surface area contributed by atoms with E-state index in [4.69, 9.17) is 9.26 Å². The first-order valence-electron chi connectivity index (χ1n) is 7.65. The number of hydrogen-bond acceptors (Lipinski definition) is 4. The maximum absolute atomic E-state index is 6.40. The summed E-state index contributed by atoms with van der Waals surface area (Å²) in [4.78, 5) is 2.50. The molecule has 104 valence electrons. The molecule has 1 aliphatic carbocycles. The largest absolute Gasteiger partial charge is 0.370 e. The zero-order valence-corrected chi connectivity index (χ0v) is 11.4. The Morgan fingerprint density at radius 3 is 3.11 bits per heavy atom. The van der Waals surface area contributed by atoms with Gasteiger partial charge in [0, 0.05) is 31.6 Å². The lowest BCUT2D eigenvalue weighted by atomic mass is 9.98. The number of hydrogen-bond donors (Lipinski definition) is 0. The lowest BCUT2D eigenvalue weighted by molar-refractivity contribution is -0.0485. The number of aromatic nitrogens is 1. The van der Waals surface area contributed by atoms with Gasteiger partial charge in [-0.25, -0.2) is 0 Å². The van der Waals surface area contributed by atoms with Crippen LogP contribution in [0.15, 0.2) is 10.8 Å². The van der Waals surface area contributed by atoms with E-state index < -0.39 is 0 Å². The summed E-state index contributed by atoms with van der Waals surface area (Å²) in [6.45, 7) is 3.14. The zero-order valence-electron chi connectivity index (χ0n) is 11.4. The van der Waals surface area contributed by atoms with Gasteiger partial charge in [0.2, 0.25) is 0 Å². The molecule has 1 spiro atoms. The fourth-order valence-electron chi connectivity index (χ4n) is 4.05. The normalized spacial score (nSPS) is 30.0. The van der Waals surface area contributed by atoms with Crippen molar-refractivity contribution in [1.82, 2.24) is 10.1 Å². The Balaban J connectivity index is 1.36. The van der Waals surface area contributed by atoms with Gasteiger partial charge < -0.3 is 9.26 Å². The van der Waals surface area contributed by atoms with Gasteiger partial charge in [-0.3, -0.25) is 4.90 Å². The molecule has 1 unspecified atom stereocenters. The van der Waals surface area contributed by atoms with Crippen LogP contribution in [0.1, 0.15) is 49.8 Å². The minimum atomic E-state index is 0.267. The Hall–Kier alpha value is -0.870. The lowest BCUT2D eigenvalue weighted by Gasteiger charge is -2.29. The van der Waals surface area contributed by atoms with Crippen LogP contribution in [-0.4, -0.2) is 34.9 Å². The minimum absolute atomic E-state index is 0.267. The molecule has 3 heterocycles. The van der Waals surface area contributed by atoms with E-state index in [1.54, 1.807) is 6.26 Å². The van der Waals surface area contributed by atoms with Crippen molar-refractivity contribution in [3.05, 3.63) is 17.5 Å². The molecule has 1 aromatic rings. The van der Waals surface area contributed by atoms with Crippen LogP contribution in [0.2, 0.25) is 0 Å². The molecule has 1 aromatic heterocycles. The van der Waals surface area contributed by atoms with Gasteiger partial charge in [-0.05, 0) is 25.7 Å². The standard InChI is InChI=1S/C15H22N2O2/c1-2-6-15(5-1)7-3-13(19-15)10-17-8-4-14-12(9-17)11-18-16-14/h11,13H,1-10H2. The van der Waals surface area contributed by atoms with E-state index in [-0.39, 0.29) is 5.60 Å². The second kappa shape index (κ2) is 4.60. The van der Waals surface area contributed by atoms with E-state index in [1.807, 2.05) is 0 Å². The molecule has 4 heteroatoms. The summed E-state index contributed by atoms with van der Waals surface area (Å²) in [6, 6.07) is 0. The molecule has 2 aliphatic heterocycles. The van der Waals surface area contributed by atoms with Crippen molar-refractivity contribution in [1.29, 1.82) is 0 Å². The predicted molar refractivity (Wildman–Crippen MR) is 70.8 cm³/mol. The third kappa shape index (κ3) is 2.21. The Morgan fingerprint density at radius 2 is 2.21 bits per heavy atom. The number of ether oxygens (including phenoxy) is 1. The van der Waals surface area contributed by atoms with Gasteiger partial charge in [0.25, 0.3) is 0 Å². The topological polar surface area (TPSA) is 38.5 Å². The van der Waals surface area contributed by atoms with E-state index >= 15 is 0 Å². The molecule has 1 saturated heterocycles. The van der Waals surface area contributed by atoms with Gasteiger partial charge >= 0.3 is 0 Å². The average molecular weight is 262 g/mol. The average Bonchev–Trinajstić information content (AvgIpc) is 3.12. The van der Waals surface area contributed by atoms with Gasteiger partial charge in [0.15, 0.2) is 0 Å². The highest BCUT2D eigenvalue weighted by molar-refractivity contribution is 5.17. The van der Waals surface area contributed by atoms with Crippen molar-refractivity contribution in [3.8, 4) is 0 Å². The third-order valence-electron chi connectivity index (χ3n) is 5.10. The van der Waals surface area contributed by atoms with Crippen molar-refractivity contribution in [3.63, 3.8) is 0 Å². The van der Waals surface area contributed by atoms with Crippen LogP contribution in [0.4, 0.5) is 0 Å². The van der Waals surface area contributed by atoms with Crippen LogP contribution in [0.3, 0.4) is 0 Å². The summed E-state index contributed by atoms with van der Waals surface area (Å²) in [5.74, 6) is 0. The van der Waals surface area contributed by atoms with Crippen LogP contribution in [0.5, 0.6) is 0 Å². The SMILES string of the molecule is c1onc2c1CN(CC1CCC3(CCCC3)O1)CC2. The second-order valence-corrected chi connectivity index (χ2v) is 6.44. The van der Waals surface area contributed by atoms with E-state index in [1.165, 1.54) is 44.1 Å². The molecule has 3 aliphatic rings. The van der Waals surface area contributed by atoms with Crippen molar-refractivity contribution in [2.24, 2.45) is 0 Å². The minimum Gasteiger partial charge on any atom is -0.370 e. The second-order valence-electron chi connectivity index (χ2n) is 6.44. The van der Waals surface area contributed by atoms with E-state index in [9.17, 15) is 0 Å². The molecule has 0 radical (unpaired) electrons. The lowest BCUT2D eigenvalue weighted by Crippen LogP contribution is -2.37. The van der Waals surface area contributed by atoms with Crippen molar-refractivity contribution < 1.29 is 9.26 Å². The van der Waals surface area contributed by atoms with E-state index in [0.717, 1.165) is 31.7 Å². The highest BCUT2D eigenvalue weighted by Gasteiger charge is 2.42. The Bertz CT molecular complexity index is 451. The summed E-state index contributed by atoms with van der Waals surface area (Å²) < 4.78 is 11.5. The quantitative estimate of drug-likeness (QED) is 0.821. The molecule has 0 aromatic carbocycles. The molecule has 0 bridgehead atoms. The molecule has 1 saturated carbocycles. The molecule has 19 heavy (non-hydrogen) atoms. The first kappa shape index (κ1) is 11.9. The molecular formula is C15H22N2O2. The van der Waals surface area contributed by atoms with Gasteiger partial charge in [0.1, 0.15) is 6.26 Å². The summed E-state index contributed by atoms with van der Waals surface area (Å²) in [7, 11) is 0. The molecule has 0 N–H and O–H groups in total. The molecule has 2 fully saturated rings. The van der Waals surface area contributed by atoms with Crippen LogP contribution in [0, 0.1) is 0 Å². The summed E-state index contributed by atoms with van der Waals surface area (Å²) in [5, 5.41) is 4.05. The molecule has 1 atom stereocenters. The monoisotopic (exact) mass is 262 g/mol. The van der Waals surface area contributed by atoms with Gasteiger partial charge in [-0.15, -0.1) is 0 Å². The summed E-state index contributed by atoms with van der Waals surface area (Å²) in [6.07, 6.45) is 11.1. The van der Waals surface area contributed by atoms with Gasteiger partial charge in [0.05, 0.1) is 17.4 Å². The fourth-order valence-corrected chi connectivity index (χ4v) is 4.05. The first-order valence-corrected chi connectivity index (χ1v) is 7.65. The summed E-state index contributed by atoms with van der Waals surface area (Å²) in [5.41, 5.74) is 2.68. The molecular weight excluding hydrogens is 240 g/mol. The van der Waals surface area contributed by atoms with Crippen LogP contribution in [-0.2, 0) is 17.7 Å². The number of rotatable bonds is 2. The number of fused-ring (bicyclic) bond motifs is 1. The Morgan fingerprint density at radius 1 is 1.32 bits per heavy atom. The first-order chi connectivity index (χ1) is 9.33. The Kier molecular flexibility index (Phi) is 2.88. The highest BCUT2D eigenvalue weighted by atomic mass is 16.5. The van der Waals surface area contributed by atoms with Crippen LogP contribution < -0.4 is 0 Å².